The maximum Gasteiger partial charge on any atom is 0.175 e. The SMILES string of the molecule is COc1cc(CNCCC2=CCCCC2)cc(Br)c1OCc1ccccc1.Cl. The van der Waals surface area contributed by atoms with Gasteiger partial charge in [-0.2, -0.15) is 0 Å². The summed E-state index contributed by atoms with van der Waals surface area (Å²) in [5.41, 5.74) is 3.93. The molecule has 0 amide bonds. The van der Waals surface area contributed by atoms with Crippen LogP contribution in [0.25, 0.3) is 0 Å². The zero-order valence-electron chi connectivity index (χ0n) is 16.4. The molecule has 0 radical (unpaired) electrons. The molecule has 2 aromatic rings. The highest BCUT2D eigenvalue weighted by Gasteiger charge is 2.12. The molecule has 0 unspecified atom stereocenters. The van der Waals surface area contributed by atoms with Gasteiger partial charge in [0.1, 0.15) is 6.61 Å². The lowest BCUT2D eigenvalue weighted by atomic mass is 9.97. The second-order valence-corrected chi connectivity index (χ2v) is 7.77. The van der Waals surface area contributed by atoms with Gasteiger partial charge in [0.25, 0.3) is 0 Å². The van der Waals surface area contributed by atoms with Crippen LogP contribution in [0.4, 0.5) is 0 Å². The Morgan fingerprint density at radius 2 is 1.89 bits per heavy atom. The van der Waals surface area contributed by atoms with Crippen LogP contribution in [0, 0.1) is 0 Å². The van der Waals surface area contributed by atoms with Crippen molar-refractivity contribution in [2.24, 2.45) is 0 Å². The number of rotatable bonds is 9. The fourth-order valence-corrected chi connectivity index (χ4v) is 3.96. The van der Waals surface area contributed by atoms with Crippen molar-refractivity contribution in [3.05, 3.63) is 69.7 Å². The third kappa shape index (κ3) is 6.84. The maximum atomic E-state index is 6.01. The summed E-state index contributed by atoms with van der Waals surface area (Å²) in [7, 11) is 1.68. The highest BCUT2D eigenvalue weighted by atomic mass is 79.9. The normalized spacial score (nSPS) is 13.4. The standard InChI is InChI=1S/C23H28BrNO2.ClH/c1-26-22-15-20(16-25-13-12-18-8-4-2-5-9-18)14-21(24)23(22)27-17-19-10-6-3-7-11-19;/h3,6-8,10-11,14-15,25H,2,4-5,9,12-13,16-17H2,1H3;1H. The molecule has 0 atom stereocenters. The molecule has 0 spiro atoms. The lowest BCUT2D eigenvalue weighted by molar-refractivity contribution is 0.282. The maximum absolute atomic E-state index is 6.01. The number of hydrogen-bond acceptors (Lipinski definition) is 3. The molecule has 28 heavy (non-hydrogen) atoms. The van der Waals surface area contributed by atoms with Gasteiger partial charge in [0.15, 0.2) is 11.5 Å². The second kappa shape index (κ2) is 12.2. The highest BCUT2D eigenvalue weighted by molar-refractivity contribution is 9.10. The van der Waals surface area contributed by atoms with E-state index < -0.39 is 0 Å². The molecule has 1 N–H and O–H groups in total. The van der Waals surface area contributed by atoms with Crippen LogP contribution in [0.5, 0.6) is 11.5 Å². The second-order valence-electron chi connectivity index (χ2n) is 6.92. The van der Waals surface area contributed by atoms with Crippen LogP contribution in [0.2, 0.25) is 0 Å². The van der Waals surface area contributed by atoms with Crippen molar-refractivity contribution in [2.45, 2.75) is 45.3 Å². The monoisotopic (exact) mass is 465 g/mol. The minimum atomic E-state index is 0. The number of halogens is 2. The highest BCUT2D eigenvalue weighted by Crippen LogP contribution is 2.37. The quantitative estimate of drug-likeness (QED) is 0.341. The van der Waals surface area contributed by atoms with Crippen LogP contribution in [0.15, 0.2) is 58.6 Å². The summed E-state index contributed by atoms with van der Waals surface area (Å²) in [5, 5.41) is 3.55. The van der Waals surface area contributed by atoms with Gasteiger partial charge in [0, 0.05) is 6.54 Å². The van der Waals surface area contributed by atoms with Gasteiger partial charge in [-0.25, -0.2) is 0 Å². The Kier molecular flexibility index (Phi) is 9.89. The van der Waals surface area contributed by atoms with Gasteiger partial charge in [0.05, 0.1) is 11.6 Å². The number of methoxy groups -OCH3 is 1. The van der Waals surface area contributed by atoms with E-state index in [4.69, 9.17) is 9.47 Å². The molecule has 0 saturated heterocycles. The van der Waals surface area contributed by atoms with Crippen molar-refractivity contribution in [3.63, 3.8) is 0 Å². The molecule has 2 aromatic carbocycles. The van der Waals surface area contributed by atoms with Gasteiger partial charge >= 0.3 is 0 Å². The average molecular weight is 467 g/mol. The molecule has 0 aliphatic heterocycles. The Hall–Kier alpha value is -1.49. The van der Waals surface area contributed by atoms with E-state index >= 15 is 0 Å². The number of nitrogens with one attached hydrogen (secondary N) is 1. The molecule has 0 heterocycles. The Balaban J connectivity index is 0.00000280. The van der Waals surface area contributed by atoms with Crippen molar-refractivity contribution >= 4 is 28.3 Å². The van der Waals surface area contributed by atoms with Crippen molar-refractivity contribution in [3.8, 4) is 11.5 Å². The van der Waals surface area contributed by atoms with Crippen LogP contribution < -0.4 is 14.8 Å². The van der Waals surface area contributed by atoms with E-state index in [-0.39, 0.29) is 12.4 Å². The number of hydrogen-bond donors (Lipinski definition) is 1. The fraction of sp³-hybridized carbons (Fsp3) is 0.391. The molecular formula is C23H29BrClNO2. The first-order chi connectivity index (χ1) is 13.3. The number of ether oxygens (including phenoxy) is 2. The Bertz CT molecular complexity index is 765. The molecule has 0 bridgehead atoms. The molecule has 0 fully saturated rings. The van der Waals surface area contributed by atoms with Crippen LogP contribution in [-0.2, 0) is 13.2 Å². The lowest BCUT2D eigenvalue weighted by Gasteiger charge is -2.15. The summed E-state index contributed by atoms with van der Waals surface area (Å²) in [6, 6.07) is 14.3. The van der Waals surface area contributed by atoms with Crippen LogP contribution in [-0.4, -0.2) is 13.7 Å². The topological polar surface area (TPSA) is 30.5 Å². The Morgan fingerprint density at radius 3 is 2.61 bits per heavy atom. The van der Waals surface area contributed by atoms with Gasteiger partial charge < -0.3 is 14.8 Å². The van der Waals surface area contributed by atoms with Crippen LogP contribution in [0.1, 0.15) is 43.2 Å². The van der Waals surface area contributed by atoms with Gasteiger partial charge in [-0.3, -0.25) is 0 Å². The third-order valence-electron chi connectivity index (χ3n) is 4.85. The van der Waals surface area contributed by atoms with Gasteiger partial charge in [-0.15, -0.1) is 12.4 Å². The van der Waals surface area contributed by atoms with Crippen molar-refractivity contribution in [2.75, 3.05) is 13.7 Å². The van der Waals surface area contributed by atoms with Gasteiger partial charge in [-0.1, -0.05) is 42.0 Å². The van der Waals surface area contributed by atoms with Crippen molar-refractivity contribution in [1.29, 1.82) is 0 Å². The smallest absolute Gasteiger partial charge is 0.175 e. The summed E-state index contributed by atoms with van der Waals surface area (Å²) < 4.78 is 12.5. The van der Waals surface area contributed by atoms with Crippen molar-refractivity contribution < 1.29 is 9.47 Å². The average Bonchev–Trinajstić information content (AvgIpc) is 2.71. The largest absolute Gasteiger partial charge is 0.493 e. The molecule has 1 aliphatic rings. The van der Waals surface area contributed by atoms with E-state index in [2.05, 4.69) is 51.6 Å². The molecule has 3 rings (SSSR count). The first kappa shape index (κ1) is 22.8. The number of allylic oxidation sites excluding steroid dienone is 1. The van der Waals surface area contributed by atoms with Crippen molar-refractivity contribution in [1.82, 2.24) is 5.32 Å². The Morgan fingerprint density at radius 1 is 1.07 bits per heavy atom. The van der Waals surface area contributed by atoms with E-state index in [9.17, 15) is 0 Å². The molecule has 0 aromatic heterocycles. The summed E-state index contributed by atoms with van der Waals surface area (Å²) in [6.45, 7) is 2.35. The first-order valence-corrected chi connectivity index (χ1v) is 10.5. The lowest BCUT2D eigenvalue weighted by Crippen LogP contribution is -2.16. The minimum Gasteiger partial charge on any atom is -0.493 e. The molecule has 5 heteroatoms. The summed E-state index contributed by atoms with van der Waals surface area (Å²) >= 11 is 3.64. The van der Waals surface area contributed by atoms with E-state index in [1.165, 1.54) is 31.2 Å². The Labute approximate surface area is 183 Å². The predicted molar refractivity (Wildman–Crippen MR) is 122 cm³/mol. The summed E-state index contributed by atoms with van der Waals surface area (Å²) in [4.78, 5) is 0. The first-order valence-electron chi connectivity index (χ1n) is 9.68. The van der Waals surface area contributed by atoms with E-state index in [1.807, 2.05) is 18.2 Å². The number of benzene rings is 2. The minimum absolute atomic E-state index is 0. The molecule has 1 aliphatic carbocycles. The van der Waals surface area contributed by atoms with Crippen LogP contribution >= 0.6 is 28.3 Å². The molecular weight excluding hydrogens is 438 g/mol. The van der Waals surface area contributed by atoms with Gasteiger partial charge in [0.2, 0.25) is 0 Å². The predicted octanol–water partition coefficient (Wildman–Crippen LogP) is 6.44. The van der Waals surface area contributed by atoms with Crippen LogP contribution in [0.3, 0.4) is 0 Å². The van der Waals surface area contributed by atoms with Gasteiger partial charge in [-0.05, 0) is 77.8 Å². The third-order valence-corrected chi connectivity index (χ3v) is 5.44. The molecule has 0 saturated carbocycles. The van der Waals surface area contributed by atoms with E-state index in [0.29, 0.717) is 6.61 Å². The zero-order chi connectivity index (χ0) is 18.9. The van der Waals surface area contributed by atoms with E-state index in [1.54, 1.807) is 12.7 Å². The molecule has 152 valence electrons. The summed E-state index contributed by atoms with van der Waals surface area (Å²) in [5.74, 6) is 1.50. The zero-order valence-corrected chi connectivity index (χ0v) is 18.8. The summed E-state index contributed by atoms with van der Waals surface area (Å²) in [6.07, 6.45) is 8.79. The fourth-order valence-electron chi connectivity index (χ4n) is 3.36. The van der Waals surface area contributed by atoms with E-state index in [0.717, 1.165) is 41.0 Å². The molecule has 3 nitrogen and oxygen atoms in total.